The molecule has 2 nitrogen and oxygen atoms in total. The van der Waals surface area contributed by atoms with Crippen molar-refractivity contribution in [3.63, 3.8) is 0 Å². The van der Waals surface area contributed by atoms with Crippen molar-refractivity contribution in [2.75, 3.05) is 0 Å². The van der Waals surface area contributed by atoms with E-state index in [-0.39, 0.29) is 16.5 Å². The van der Waals surface area contributed by atoms with Gasteiger partial charge in [0.05, 0.1) is 22.8 Å². The number of aryl methyl sites for hydroxylation is 2. The van der Waals surface area contributed by atoms with Gasteiger partial charge >= 0.3 is 0 Å². The van der Waals surface area contributed by atoms with Crippen molar-refractivity contribution in [3.05, 3.63) is 84.0 Å². The number of nitrogens with zero attached hydrogens (tertiary/aromatic N) is 2. The van der Waals surface area contributed by atoms with Gasteiger partial charge in [0, 0.05) is 16.5 Å². The first kappa shape index (κ1) is 72.8. The minimum atomic E-state index is 0. The Morgan fingerprint density at radius 1 is 0.273 bits per heavy atom. The van der Waals surface area contributed by atoms with Crippen LogP contribution in [0.25, 0.3) is 0 Å². The molecule has 2 aromatic carbocycles. The SMILES string of the molecule is CCCCCCCCCCCCCCCCCCCCC/C=C/CCc1ccccc1N=C(CCCC)C(CCCCCC)=Nc1ccccc1CC/C=C/CCCCCCCCCCCCCCCCCCCCC.[Ni]. The summed E-state index contributed by atoms with van der Waals surface area (Å²) in [6.07, 6.45) is 80.3. The first-order chi connectivity index (χ1) is 37.7. The van der Waals surface area contributed by atoms with Crippen molar-refractivity contribution in [2.45, 2.75) is 362 Å². The van der Waals surface area contributed by atoms with Gasteiger partial charge in [-0.2, -0.15) is 0 Å². The van der Waals surface area contributed by atoms with Gasteiger partial charge in [0.2, 0.25) is 0 Å². The fourth-order valence-corrected chi connectivity index (χ4v) is 11.2. The number of hydrogen-bond donors (Lipinski definition) is 0. The van der Waals surface area contributed by atoms with E-state index < -0.39 is 0 Å². The van der Waals surface area contributed by atoms with Gasteiger partial charge in [0.25, 0.3) is 0 Å². The molecular formula is C74H128N2Ni. The minimum Gasteiger partial charge on any atom is -0.251 e. The maximum atomic E-state index is 5.56. The number of aliphatic imine (C=N–C) groups is 2. The molecular weight excluding hydrogens is 976 g/mol. The van der Waals surface area contributed by atoms with E-state index in [1.54, 1.807) is 0 Å². The molecule has 0 amide bonds. The molecule has 0 spiro atoms. The van der Waals surface area contributed by atoms with Gasteiger partial charge in [-0.1, -0.05) is 345 Å². The van der Waals surface area contributed by atoms with Gasteiger partial charge in [-0.3, -0.25) is 9.98 Å². The zero-order valence-electron chi connectivity index (χ0n) is 51.9. The van der Waals surface area contributed by atoms with Gasteiger partial charge in [0.15, 0.2) is 0 Å². The van der Waals surface area contributed by atoms with E-state index in [9.17, 15) is 0 Å². The van der Waals surface area contributed by atoms with E-state index in [1.165, 1.54) is 305 Å². The number of hydrogen-bond acceptors (Lipinski definition) is 2. The molecule has 0 aromatic heterocycles. The molecule has 3 heteroatoms. The molecule has 2 aromatic rings. The van der Waals surface area contributed by atoms with Crippen molar-refractivity contribution >= 4 is 22.8 Å². The average molecular weight is 1100 g/mol. The molecule has 0 aliphatic carbocycles. The van der Waals surface area contributed by atoms with Crippen molar-refractivity contribution in [3.8, 4) is 0 Å². The van der Waals surface area contributed by atoms with Crippen molar-refractivity contribution in [1.29, 1.82) is 0 Å². The van der Waals surface area contributed by atoms with Crippen LogP contribution in [0.1, 0.15) is 360 Å². The van der Waals surface area contributed by atoms with Crippen LogP contribution in [-0.4, -0.2) is 11.4 Å². The zero-order valence-corrected chi connectivity index (χ0v) is 52.9. The monoisotopic (exact) mass is 1100 g/mol. The summed E-state index contributed by atoms with van der Waals surface area (Å²) >= 11 is 0. The van der Waals surface area contributed by atoms with Crippen molar-refractivity contribution < 1.29 is 16.5 Å². The van der Waals surface area contributed by atoms with E-state index in [1.807, 2.05) is 0 Å². The Hall–Kier alpha value is -2.25. The first-order valence-electron chi connectivity index (χ1n) is 34.3. The summed E-state index contributed by atoms with van der Waals surface area (Å²) in [6.45, 7) is 9.24. The standard InChI is InChI=1S/C74H128N2.Ni/c1-5-9-13-16-18-20-22-24-26-28-30-32-34-36-38-40-42-44-46-48-50-52-54-61-69-63-57-59-66-71(69)75-73(65-12-8-4)74(68-56-15-11-7-3)76-72-67-60-58-64-70(72)62-55-53-51-49-47-45-43-41-39-37-35-33-31-29-27-25-23-21-19-17-14-10-6-2;/h50-53,57-60,63-64,66-67H,5-49,54-56,61-62,65,68H2,1-4H3;/b52-50+,53-51+,75-73?,76-74?;. The van der Waals surface area contributed by atoms with E-state index in [0.29, 0.717) is 0 Å². The minimum absolute atomic E-state index is 0. The molecule has 0 radical (unpaired) electrons. The molecule has 444 valence electrons. The Balaban J connectivity index is 0.0000296. The molecule has 0 aliphatic heterocycles. The third-order valence-corrected chi connectivity index (χ3v) is 16.3. The van der Waals surface area contributed by atoms with Gasteiger partial charge in [-0.15, -0.1) is 0 Å². The summed E-state index contributed by atoms with van der Waals surface area (Å²) in [4.78, 5) is 11.1. The number of rotatable bonds is 57. The fourth-order valence-electron chi connectivity index (χ4n) is 11.2. The van der Waals surface area contributed by atoms with E-state index in [0.717, 1.165) is 62.7 Å². The van der Waals surface area contributed by atoms with E-state index in [2.05, 4.69) is 101 Å². The number of unbranched alkanes of at least 4 members (excludes halogenated alkanes) is 42. The number of allylic oxidation sites excluding steroid dienone is 4. The Morgan fingerprint density at radius 3 is 0.805 bits per heavy atom. The Bertz CT molecular complexity index is 1650. The van der Waals surface area contributed by atoms with Crippen LogP contribution in [0, 0.1) is 0 Å². The molecule has 0 unspecified atom stereocenters. The quantitative estimate of drug-likeness (QED) is 0.0273. The van der Waals surface area contributed by atoms with Crippen LogP contribution in [0.3, 0.4) is 0 Å². The number of para-hydroxylation sites is 2. The molecule has 0 heterocycles. The molecule has 0 saturated carbocycles. The third kappa shape index (κ3) is 45.1. The van der Waals surface area contributed by atoms with Crippen molar-refractivity contribution in [1.82, 2.24) is 0 Å². The first-order valence-corrected chi connectivity index (χ1v) is 34.3. The third-order valence-electron chi connectivity index (χ3n) is 16.3. The van der Waals surface area contributed by atoms with Crippen LogP contribution in [0.4, 0.5) is 11.4 Å². The Morgan fingerprint density at radius 2 is 0.506 bits per heavy atom. The van der Waals surface area contributed by atoms with Crippen LogP contribution in [0.5, 0.6) is 0 Å². The Labute approximate surface area is 492 Å². The fraction of sp³-hybridized carbons (Fsp3) is 0.757. The van der Waals surface area contributed by atoms with Crippen LogP contribution in [0.2, 0.25) is 0 Å². The molecule has 0 saturated heterocycles. The summed E-state index contributed by atoms with van der Waals surface area (Å²) in [6, 6.07) is 17.9. The summed E-state index contributed by atoms with van der Waals surface area (Å²) in [7, 11) is 0. The maximum absolute atomic E-state index is 5.56. The summed E-state index contributed by atoms with van der Waals surface area (Å²) < 4.78 is 0. The topological polar surface area (TPSA) is 24.7 Å². The summed E-state index contributed by atoms with van der Waals surface area (Å²) in [5.41, 5.74) is 7.44. The van der Waals surface area contributed by atoms with Crippen LogP contribution < -0.4 is 0 Å². The second-order valence-electron chi connectivity index (χ2n) is 23.6. The predicted octanol–water partition coefficient (Wildman–Crippen LogP) is 26.3. The van der Waals surface area contributed by atoms with Gasteiger partial charge < -0.3 is 0 Å². The van der Waals surface area contributed by atoms with E-state index in [4.69, 9.17) is 9.98 Å². The molecule has 0 bridgehead atoms. The van der Waals surface area contributed by atoms with Gasteiger partial charge in [-0.05, 0) is 100 Å². The molecule has 0 atom stereocenters. The predicted molar refractivity (Wildman–Crippen MR) is 346 cm³/mol. The molecule has 0 fully saturated rings. The van der Waals surface area contributed by atoms with Crippen LogP contribution in [0.15, 0.2) is 82.8 Å². The normalized spacial score (nSPS) is 12.2. The zero-order chi connectivity index (χ0) is 54.1. The summed E-state index contributed by atoms with van der Waals surface area (Å²) in [5.74, 6) is 0. The molecule has 0 N–H and O–H groups in total. The average Bonchev–Trinajstić information content (AvgIpc) is 3.44. The summed E-state index contributed by atoms with van der Waals surface area (Å²) in [5, 5.41) is 0. The second kappa shape index (κ2) is 58.4. The van der Waals surface area contributed by atoms with E-state index >= 15 is 0 Å². The van der Waals surface area contributed by atoms with Crippen LogP contribution >= 0.6 is 0 Å². The smallest absolute Gasteiger partial charge is 0.0665 e. The largest absolute Gasteiger partial charge is 0.251 e. The van der Waals surface area contributed by atoms with Gasteiger partial charge in [0.1, 0.15) is 0 Å². The van der Waals surface area contributed by atoms with Gasteiger partial charge in [-0.25, -0.2) is 0 Å². The second-order valence-corrected chi connectivity index (χ2v) is 23.6. The number of benzene rings is 2. The van der Waals surface area contributed by atoms with Crippen molar-refractivity contribution in [2.24, 2.45) is 9.98 Å². The Kier molecular flexibility index (Phi) is 55.2. The molecule has 77 heavy (non-hydrogen) atoms. The van der Waals surface area contributed by atoms with Crippen LogP contribution in [-0.2, 0) is 29.3 Å². The maximum Gasteiger partial charge on any atom is 0.0665 e. The molecule has 0 aliphatic rings. The molecule has 2 rings (SSSR count).